The van der Waals surface area contributed by atoms with E-state index < -0.39 is 31.7 Å². The van der Waals surface area contributed by atoms with Gasteiger partial charge in [-0.3, -0.25) is 0 Å². The first-order valence-corrected chi connectivity index (χ1v) is 26.2. The third kappa shape index (κ3) is 15.0. The maximum atomic E-state index is 14.0. The van der Waals surface area contributed by atoms with Crippen molar-refractivity contribution in [2.75, 3.05) is 24.6 Å². The zero-order chi connectivity index (χ0) is 45.0. The fourth-order valence-electron chi connectivity index (χ4n) is 7.18. The Bertz CT molecular complexity index is 2260. The number of hydrogen-bond donors (Lipinski definition) is 0. The Morgan fingerprint density at radius 1 is 0.227 bits per heavy atom. The second kappa shape index (κ2) is 25.9. The van der Waals surface area contributed by atoms with Gasteiger partial charge in [-0.1, -0.05) is 97.1 Å². The summed E-state index contributed by atoms with van der Waals surface area (Å²) < 4.78 is 112. The van der Waals surface area contributed by atoms with Gasteiger partial charge in [-0.2, -0.15) is 0 Å². The average molecular weight is 1170 g/mol. The second-order valence-corrected chi connectivity index (χ2v) is 23.8. The van der Waals surface area contributed by atoms with E-state index in [2.05, 4.69) is 0 Å². The third-order valence-corrected chi connectivity index (χ3v) is 20.7. The van der Waals surface area contributed by atoms with Gasteiger partial charge in [-0.15, -0.1) is 0 Å². The van der Waals surface area contributed by atoms with Crippen LogP contribution in [0.5, 0.6) is 0 Å². The zero-order valence-electron chi connectivity index (χ0n) is 34.8. The summed E-state index contributed by atoms with van der Waals surface area (Å²) >= 11 is 0. The summed E-state index contributed by atoms with van der Waals surface area (Å²) in [6.07, 6.45) is 2.50. The van der Waals surface area contributed by atoms with Crippen LogP contribution < -0.4 is 54.8 Å². The van der Waals surface area contributed by atoms with E-state index >= 15 is 0 Å². The molecule has 342 valence electrons. The van der Waals surface area contributed by atoms with Crippen LogP contribution in [0, 0.1) is 46.5 Å². The number of benzene rings is 8. The molecule has 8 rings (SSSR count). The van der Waals surface area contributed by atoms with E-state index in [1.54, 1.807) is 48.5 Å². The molecule has 0 heterocycles. The standard InChI is InChI=1S/2C26H20F4P2.Au.ClH/c2*27-19-5-1-9-23(15-19)31(24-10-2-6-20(28)16-24)13-14-32(25-11-3-7-21(29)17-25)26-12-4-8-22(30)18-26;;/h2*1-12,15-18H,13-14H2;;1H/q;;+1;/p-1. The monoisotopic (exact) mass is 1170 g/mol. The normalized spacial score (nSPS) is 11.0. The van der Waals surface area contributed by atoms with Crippen LogP contribution >= 0.6 is 31.7 Å². The van der Waals surface area contributed by atoms with Crippen molar-refractivity contribution in [1.29, 1.82) is 0 Å². The van der Waals surface area contributed by atoms with Crippen LogP contribution in [-0.4, -0.2) is 24.6 Å². The van der Waals surface area contributed by atoms with Crippen molar-refractivity contribution >= 4 is 74.1 Å². The van der Waals surface area contributed by atoms with E-state index in [1.165, 1.54) is 97.1 Å². The summed E-state index contributed by atoms with van der Waals surface area (Å²) in [5, 5.41) is 6.44. The van der Waals surface area contributed by atoms with Crippen molar-refractivity contribution in [2.24, 2.45) is 0 Å². The molecule has 0 saturated carbocycles. The molecule has 0 saturated heterocycles. The van der Waals surface area contributed by atoms with Crippen LogP contribution in [0.2, 0.25) is 0 Å². The first-order valence-electron chi connectivity index (χ1n) is 20.1. The molecule has 8 aromatic rings. The van der Waals surface area contributed by atoms with Crippen LogP contribution in [0.4, 0.5) is 35.1 Å². The molecule has 0 nitrogen and oxygen atoms in total. The van der Waals surface area contributed by atoms with Gasteiger partial charge in [-0.05, 0) is 196 Å². The maximum absolute atomic E-state index is 14.0. The Hall–Kier alpha value is -4.05. The molecule has 8 aromatic carbocycles. The van der Waals surface area contributed by atoms with Crippen molar-refractivity contribution in [3.8, 4) is 0 Å². The Kier molecular flexibility index (Phi) is 20.8. The summed E-state index contributed by atoms with van der Waals surface area (Å²) in [5.41, 5.74) is 0. The topological polar surface area (TPSA) is 0 Å². The summed E-state index contributed by atoms with van der Waals surface area (Å²) in [6, 6.07) is 51.0. The van der Waals surface area contributed by atoms with Gasteiger partial charge in [0.2, 0.25) is 0 Å². The van der Waals surface area contributed by atoms with E-state index in [-0.39, 0.29) is 81.3 Å². The molecule has 0 N–H and O–H groups in total. The van der Waals surface area contributed by atoms with E-state index in [4.69, 9.17) is 0 Å². The summed E-state index contributed by atoms with van der Waals surface area (Å²) in [5.74, 6) is -2.75. The van der Waals surface area contributed by atoms with Gasteiger partial charge in [0.1, 0.15) is 46.5 Å². The second-order valence-electron chi connectivity index (χ2n) is 14.4. The quantitative estimate of drug-likeness (QED) is 0.0582. The first-order chi connectivity index (χ1) is 31.0. The average Bonchev–Trinajstić information content (AvgIpc) is 3.27. The van der Waals surface area contributed by atoms with Crippen molar-refractivity contribution in [1.82, 2.24) is 0 Å². The molecule has 14 heteroatoms. The van der Waals surface area contributed by atoms with Crippen molar-refractivity contribution in [2.45, 2.75) is 0 Å². The molecule has 0 amide bonds. The molecule has 0 aromatic heterocycles. The Labute approximate surface area is 406 Å². The summed E-state index contributed by atoms with van der Waals surface area (Å²) in [6.45, 7) is 0. The van der Waals surface area contributed by atoms with Gasteiger partial charge in [0, 0.05) is 0 Å². The van der Waals surface area contributed by atoms with E-state index in [0.717, 1.165) is 42.4 Å². The van der Waals surface area contributed by atoms with Crippen molar-refractivity contribution < 1.29 is 69.9 Å². The largest absolute Gasteiger partial charge is 1.00 e. The van der Waals surface area contributed by atoms with Crippen LogP contribution in [0.25, 0.3) is 0 Å². The fourth-order valence-corrected chi connectivity index (χ4v) is 18.0. The van der Waals surface area contributed by atoms with Gasteiger partial charge < -0.3 is 12.4 Å². The zero-order valence-corrected chi connectivity index (χ0v) is 41.3. The van der Waals surface area contributed by atoms with Crippen LogP contribution in [-0.2, 0) is 22.4 Å². The van der Waals surface area contributed by atoms with Gasteiger partial charge in [-0.25, -0.2) is 35.1 Å². The Balaban J connectivity index is 0.000000240. The van der Waals surface area contributed by atoms with Crippen LogP contribution in [0.3, 0.4) is 0 Å². The van der Waals surface area contributed by atoms with E-state index in [9.17, 15) is 35.1 Å². The van der Waals surface area contributed by atoms with Gasteiger partial charge >= 0.3 is 22.4 Å². The molecule has 0 bridgehead atoms. The third-order valence-electron chi connectivity index (χ3n) is 10.1. The summed E-state index contributed by atoms with van der Waals surface area (Å²) in [7, 11) is -4.25. The van der Waals surface area contributed by atoms with Gasteiger partial charge in [0.25, 0.3) is 0 Å². The van der Waals surface area contributed by atoms with E-state index in [1.807, 2.05) is 48.5 Å². The number of halogens is 9. The minimum Gasteiger partial charge on any atom is -1.00 e. The number of hydrogen-bond acceptors (Lipinski definition) is 0. The van der Waals surface area contributed by atoms with Crippen molar-refractivity contribution in [3.05, 3.63) is 241 Å². The first kappa shape index (κ1) is 52.9. The van der Waals surface area contributed by atoms with Crippen molar-refractivity contribution in [3.63, 3.8) is 0 Å². The van der Waals surface area contributed by atoms with Gasteiger partial charge in [0.05, 0.1) is 0 Å². The smallest absolute Gasteiger partial charge is 1.00 e. The predicted octanol–water partition coefficient (Wildman–Crippen LogP) is 8.62. The minimum absolute atomic E-state index is 0. The van der Waals surface area contributed by atoms with Crippen LogP contribution in [0.15, 0.2) is 194 Å². The molecule has 0 aliphatic rings. The van der Waals surface area contributed by atoms with Gasteiger partial charge in [0.15, 0.2) is 0 Å². The SMILES string of the molecule is Fc1cccc(P(CCP(c2cccc(F)c2)c2cccc(F)c2)c2cccc(F)c2)c1.Fc1cccc(P(CCP(c2cccc(F)c2)c2cccc(F)c2)c2cccc(F)c2)c1.[Au+].[Cl-]. The maximum Gasteiger partial charge on any atom is 1.00 e. The fraction of sp³-hybridized carbons (Fsp3) is 0.0769. The predicted molar refractivity (Wildman–Crippen MR) is 255 cm³/mol. The molecule has 0 atom stereocenters. The molecular formula is C52H40AuClF8P4. The molecule has 0 unspecified atom stereocenters. The minimum atomic E-state index is -1.06. The van der Waals surface area contributed by atoms with E-state index in [0.29, 0.717) is 24.6 Å². The molecule has 0 aliphatic carbocycles. The van der Waals surface area contributed by atoms with Crippen LogP contribution in [0.1, 0.15) is 0 Å². The summed E-state index contributed by atoms with van der Waals surface area (Å²) in [4.78, 5) is 0. The molecular weight excluding hydrogens is 1130 g/mol. The molecule has 0 fully saturated rings. The Morgan fingerprint density at radius 2 is 0.348 bits per heavy atom. The Morgan fingerprint density at radius 3 is 0.455 bits per heavy atom. The molecule has 66 heavy (non-hydrogen) atoms. The number of rotatable bonds is 14. The molecule has 0 aliphatic heterocycles. The molecule has 0 radical (unpaired) electrons. The molecule has 0 spiro atoms.